The molecule has 2 nitrogen and oxygen atoms in total. The van der Waals surface area contributed by atoms with Gasteiger partial charge in [-0.05, 0) is 67.1 Å². The second kappa shape index (κ2) is 9.69. The summed E-state index contributed by atoms with van der Waals surface area (Å²) in [6.07, 6.45) is -0.900. The highest BCUT2D eigenvalue weighted by Crippen LogP contribution is 2.47. The van der Waals surface area contributed by atoms with Crippen molar-refractivity contribution in [2.24, 2.45) is 0 Å². The maximum absolute atomic E-state index is 9.46. The molecule has 2 heteroatoms. The van der Waals surface area contributed by atoms with Crippen molar-refractivity contribution in [3.05, 3.63) is 157 Å². The molecule has 214 valence electrons. The predicted octanol–water partition coefficient (Wildman–Crippen LogP) is 12.8. The Hall–Kier alpha value is -6.12. The molecule has 0 atom stereocenters. The molecule has 0 saturated carbocycles. The standard InChI is InChI=1S/C44H26O2/c1-2-12-28(13-3-1)40-31-15-6-8-17-33(31)41(34-18-9-7-16-32(34)40)36-19-10-20-37-42-39(46-43(36)37)24-23-35-38(26-45-44(35)42)30-22-21-27-11-4-5-14-29(27)25-30/h1-26H/i1D,2D,3D,4D,5D,6D,7D,8D,9D,10D,11D,12D,13D,14D,15D,16D,17D,18D,19D,20D,21D,22D,23D,24D,25D,26D. The zero-order valence-electron chi connectivity index (χ0n) is 48.8. The molecule has 0 fully saturated rings. The molecule has 8 aromatic carbocycles. The molecule has 0 spiro atoms. The van der Waals surface area contributed by atoms with Crippen LogP contribution in [-0.4, -0.2) is 0 Å². The Bertz CT molecular complexity index is 4180. The zero-order chi connectivity index (χ0) is 52.8. The summed E-state index contributed by atoms with van der Waals surface area (Å²) in [7, 11) is 0. The van der Waals surface area contributed by atoms with Crippen molar-refractivity contribution in [3.8, 4) is 33.4 Å². The molecule has 10 rings (SSSR count). The van der Waals surface area contributed by atoms with E-state index in [0.717, 1.165) is 0 Å². The summed E-state index contributed by atoms with van der Waals surface area (Å²) < 4.78 is 244. The maximum atomic E-state index is 9.46. The molecule has 0 aliphatic rings. The van der Waals surface area contributed by atoms with Crippen molar-refractivity contribution in [2.75, 3.05) is 0 Å². The van der Waals surface area contributed by atoms with E-state index >= 15 is 0 Å². The molecule has 2 heterocycles. The number of hydrogen-bond acceptors (Lipinski definition) is 2. The Kier molecular flexibility index (Phi) is 2.26. The second-order valence-corrected chi connectivity index (χ2v) is 10.0. The van der Waals surface area contributed by atoms with E-state index in [0.29, 0.717) is 0 Å². The molecule has 0 bridgehead atoms. The Balaban J connectivity index is 1.46. The van der Waals surface area contributed by atoms with Gasteiger partial charge >= 0.3 is 0 Å². The van der Waals surface area contributed by atoms with Gasteiger partial charge in [-0.15, -0.1) is 0 Å². The molecule has 0 saturated heterocycles. The highest BCUT2D eigenvalue weighted by atomic mass is 16.3. The van der Waals surface area contributed by atoms with Gasteiger partial charge in [0.1, 0.15) is 18.1 Å². The summed E-state index contributed by atoms with van der Waals surface area (Å²) in [5.41, 5.74) is -5.66. The van der Waals surface area contributed by atoms with E-state index in [1.165, 1.54) is 0 Å². The molecule has 0 radical (unpaired) electrons. The van der Waals surface area contributed by atoms with Crippen LogP contribution in [0.3, 0.4) is 0 Å². The number of fused-ring (bicyclic) bond motifs is 8. The number of furan rings is 2. The van der Waals surface area contributed by atoms with E-state index in [1.807, 2.05) is 0 Å². The Morgan fingerprint density at radius 1 is 0.413 bits per heavy atom. The molecule has 0 aliphatic heterocycles. The number of hydrogen-bond donors (Lipinski definition) is 0. The summed E-state index contributed by atoms with van der Waals surface area (Å²) >= 11 is 0. The van der Waals surface area contributed by atoms with Crippen LogP contribution in [0.15, 0.2) is 166 Å². The van der Waals surface area contributed by atoms with Gasteiger partial charge < -0.3 is 8.83 Å². The molecule has 0 unspecified atom stereocenters. The monoisotopic (exact) mass is 612 g/mol. The van der Waals surface area contributed by atoms with Crippen molar-refractivity contribution >= 4 is 65.2 Å². The van der Waals surface area contributed by atoms with Crippen molar-refractivity contribution in [1.82, 2.24) is 0 Å². The van der Waals surface area contributed by atoms with Crippen LogP contribution in [0.2, 0.25) is 0 Å². The van der Waals surface area contributed by atoms with Gasteiger partial charge in [0, 0.05) is 27.5 Å². The lowest BCUT2D eigenvalue weighted by molar-refractivity contribution is 0.619. The van der Waals surface area contributed by atoms with Crippen LogP contribution in [0.25, 0.3) is 98.6 Å². The van der Waals surface area contributed by atoms with Gasteiger partial charge in [-0.2, -0.15) is 0 Å². The summed E-state index contributed by atoms with van der Waals surface area (Å²) in [5, 5.41) is -5.06. The lowest BCUT2D eigenvalue weighted by Crippen LogP contribution is -1.90. The molecule has 10 aromatic rings. The normalized spacial score (nSPS) is 19.8. The highest BCUT2D eigenvalue weighted by Gasteiger charge is 2.22. The first-order valence-corrected chi connectivity index (χ1v) is 13.6. The van der Waals surface area contributed by atoms with Crippen LogP contribution >= 0.6 is 0 Å². The smallest absolute Gasteiger partial charge is 0.146 e. The van der Waals surface area contributed by atoms with Gasteiger partial charge in [-0.25, -0.2) is 0 Å². The van der Waals surface area contributed by atoms with Crippen molar-refractivity contribution < 1.29 is 44.5 Å². The van der Waals surface area contributed by atoms with E-state index in [1.54, 1.807) is 0 Å². The fourth-order valence-corrected chi connectivity index (χ4v) is 5.73. The first kappa shape index (κ1) is 10.8. The minimum atomic E-state index is -0.949. The lowest BCUT2D eigenvalue weighted by Gasteiger charge is -2.17. The third kappa shape index (κ3) is 3.59. The fourth-order valence-electron chi connectivity index (χ4n) is 5.73. The molecule has 0 N–H and O–H groups in total. The number of para-hydroxylation sites is 1. The molecule has 0 aliphatic carbocycles. The lowest BCUT2D eigenvalue weighted by atomic mass is 9.85. The van der Waals surface area contributed by atoms with Crippen LogP contribution in [0.1, 0.15) is 35.6 Å². The van der Waals surface area contributed by atoms with Gasteiger partial charge in [-0.3, -0.25) is 0 Å². The van der Waals surface area contributed by atoms with Crippen LogP contribution < -0.4 is 0 Å². The van der Waals surface area contributed by atoms with Gasteiger partial charge in [0.2, 0.25) is 0 Å². The predicted molar refractivity (Wildman–Crippen MR) is 192 cm³/mol. The molecule has 2 aromatic heterocycles. The zero-order valence-corrected chi connectivity index (χ0v) is 22.8. The molecule has 46 heavy (non-hydrogen) atoms. The average Bonchev–Trinajstić information content (AvgIpc) is 3.91. The van der Waals surface area contributed by atoms with Crippen molar-refractivity contribution in [2.45, 2.75) is 0 Å². The Labute approximate surface area is 301 Å². The quantitative estimate of drug-likeness (QED) is 0.186. The van der Waals surface area contributed by atoms with Crippen molar-refractivity contribution in [1.29, 1.82) is 0 Å². The minimum Gasteiger partial charge on any atom is -0.463 e. The summed E-state index contributed by atoms with van der Waals surface area (Å²) in [6, 6.07) is -21.7. The second-order valence-electron chi connectivity index (χ2n) is 10.0. The first-order valence-electron chi connectivity index (χ1n) is 26.6. The topological polar surface area (TPSA) is 26.3 Å². The minimum absolute atomic E-state index is 0.430. The van der Waals surface area contributed by atoms with Gasteiger partial charge in [0.15, 0.2) is 0 Å². The SMILES string of the molecule is [2H]c1oc2c(c([2H])c([2H])c3oc4c(-c5c6c([2H])c([2H])c([2H])c([2H])c6c(-c6c([2H])c([2H])c([2H])c([2H])c6[2H])c6c([2H])c([2H])c([2H])c([2H])c56)c([2H])c([2H])c([2H])c4c32)c1-c1c([2H])c([2H])c2c([2H])c([2H])c([2H])c([2H])c2c1[2H]. The molecular formula is C44H26O2. The maximum Gasteiger partial charge on any atom is 0.146 e. The van der Waals surface area contributed by atoms with E-state index in [4.69, 9.17) is 30.8 Å². The average molecular weight is 613 g/mol. The van der Waals surface area contributed by atoms with Gasteiger partial charge in [-0.1, -0.05) is 133 Å². The Morgan fingerprint density at radius 2 is 1.07 bits per heavy atom. The largest absolute Gasteiger partial charge is 0.463 e. The van der Waals surface area contributed by atoms with Crippen LogP contribution in [0.4, 0.5) is 0 Å². The number of benzene rings is 8. The number of rotatable bonds is 3. The summed E-state index contributed by atoms with van der Waals surface area (Å²) in [5.74, 6) is 0. The van der Waals surface area contributed by atoms with Crippen LogP contribution in [0, 0.1) is 0 Å². The van der Waals surface area contributed by atoms with E-state index in [-0.39, 0.29) is 0 Å². The summed E-state index contributed by atoms with van der Waals surface area (Å²) in [4.78, 5) is 0. The van der Waals surface area contributed by atoms with Gasteiger partial charge in [0.05, 0.1) is 45.9 Å². The van der Waals surface area contributed by atoms with E-state index < -0.39 is 256 Å². The van der Waals surface area contributed by atoms with Crippen LogP contribution in [-0.2, 0) is 0 Å². The molecule has 0 amide bonds. The Morgan fingerprint density at radius 3 is 1.83 bits per heavy atom. The summed E-state index contributed by atoms with van der Waals surface area (Å²) in [6.45, 7) is 0. The third-order valence-corrected chi connectivity index (χ3v) is 7.65. The van der Waals surface area contributed by atoms with E-state index in [9.17, 15) is 13.7 Å². The van der Waals surface area contributed by atoms with Crippen LogP contribution in [0.5, 0.6) is 0 Å². The van der Waals surface area contributed by atoms with Gasteiger partial charge in [0.25, 0.3) is 0 Å². The first-order chi connectivity index (χ1) is 33.6. The molecular weight excluding hydrogens is 560 g/mol. The fraction of sp³-hybridized carbons (Fsp3) is 0. The van der Waals surface area contributed by atoms with Crippen molar-refractivity contribution in [3.63, 3.8) is 0 Å². The van der Waals surface area contributed by atoms with E-state index in [2.05, 4.69) is 0 Å². The highest BCUT2D eigenvalue weighted by molar-refractivity contribution is 6.26. The third-order valence-electron chi connectivity index (χ3n) is 7.65.